The maximum Gasteiger partial charge on any atom is 0.303 e. The van der Waals surface area contributed by atoms with Crippen LogP contribution < -0.4 is 5.53 Å². The first-order valence-corrected chi connectivity index (χ1v) is 5.22. The fourth-order valence-corrected chi connectivity index (χ4v) is 2.00. The lowest BCUT2D eigenvalue weighted by atomic mass is 9.76. The number of hydrogen-bond donors (Lipinski definition) is 2. The first-order chi connectivity index (χ1) is 7.53. The Balaban J connectivity index is 2.21. The lowest BCUT2D eigenvalue weighted by Crippen LogP contribution is -2.32. The van der Waals surface area contributed by atoms with Crippen molar-refractivity contribution in [3.63, 3.8) is 0 Å². The van der Waals surface area contributed by atoms with E-state index >= 15 is 0 Å². The minimum absolute atomic E-state index is 0.150. The summed E-state index contributed by atoms with van der Waals surface area (Å²) in [7, 11) is 1.89. The monoisotopic (exact) mass is 221 g/mol. The largest absolute Gasteiger partial charge is 0.481 e. The highest BCUT2D eigenvalue weighted by Crippen LogP contribution is 2.35. The van der Waals surface area contributed by atoms with Gasteiger partial charge in [0.2, 0.25) is 0 Å². The fraction of sp³-hybridized carbons (Fsp3) is 0.455. The average molecular weight is 221 g/mol. The Morgan fingerprint density at radius 3 is 3.12 bits per heavy atom. The van der Waals surface area contributed by atoms with Crippen LogP contribution in [-0.4, -0.2) is 28.8 Å². The molecule has 0 aromatic rings. The normalized spacial score (nSPS) is 27.0. The van der Waals surface area contributed by atoms with Crippen LogP contribution in [0, 0.1) is 5.41 Å². The zero-order valence-electron chi connectivity index (χ0n) is 9.40. The van der Waals surface area contributed by atoms with Crippen LogP contribution in [0.15, 0.2) is 29.0 Å². The third-order valence-corrected chi connectivity index (χ3v) is 3.03. The third-order valence-electron chi connectivity index (χ3n) is 3.03. The Bertz CT molecular complexity index is 411. The summed E-state index contributed by atoms with van der Waals surface area (Å²) < 4.78 is 0. The molecule has 16 heavy (non-hydrogen) atoms. The molecular weight excluding hydrogens is 206 g/mol. The van der Waals surface area contributed by atoms with E-state index in [-0.39, 0.29) is 11.8 Å². The van der Waals surface area contributed by atoms with Gasteiger partial charge in [0.25, 0.3) is 0 Å². The van der Waals surface area contributed by atoms with Gasteiger partial charge in [-0.2, -0.15) is 5.10 Å². The number of aliphatic carboxylic acids is 1. The number of carboxylic acids is 1. The predicted octanol–water partition coefficient (Wildman–Crippen LogP) is 1.12. The summed E-state index contributed by atoms with van der Waals surface area (Å²) in [6.45, 7) is 2.01. The number of allylic oxidation sites excluding steroid dienone is 4. The second-order valence-electron chi connectivity index (χ2n) is 4.34. The molecule has 0 radical (unpaired) electrons. The molecule has 5 nitrogen and oxygen atoms in total. The average Bonchev–Trinajstić information content (AvgIpc) is 2.60. The predicted molar refractivity (Wildman–Crippen MR) is 60.5 cm³/mol. The van der Waals surface area contributed by atoms with Crippen molar-refractivity contribution in [1.82, 2.24) is 10.5 Å². The van der Waals surface area contributed by atoms with Gasteiger partial charge in [-0.25, -0.2) is 5.53 Å². The van der Waals surface area contributed by atoms with Crippen molar-refractivity contribution < 1.29 is 9.90 Å². The Morgan fingerprint density at radius 2 is 2.44 bits per heavy atom. The van der Waals surface area contributed by atoms with E-state index in [9.17, 15) is 4.79 Å². The van der Waals surface area contributed by atoms with Crippen LogP contribution in [0.25, 0.3) is 0 Å². The molecule has 2 N–H and O–H groups in total. The van der Waals surface area contributed by atoms with Crippen molar-refractivity contribution in [2.75, 3.05) is 7.05 Å². The Kier molecular flexibility index (Phi) is 2.46. The second-order valence-corrected chi connectivity index (χ2v) is 4.34. The molecule has 86 valence electrons. The Morgan fingerprint density at radius 1 is 1.69 bits per heavy atom. The van der Waals surface area contributed by atoms with E-state index in [1.54, 1.807) is 0 Å². The molecule has 0 saturated heterocycles. The van der Waals surface area contributed by atoms with Gasteiger partial charge < -0.3 is 5.11 Å². The summed E-state index contributed by atoms with van der Waals surface area (Å²) in [6.07, 6.45) is 6.65. The molecule has 1 unspecified atom stereocenters. The number of rotatable bonds is 3. The highest BCUT2D eigenvalue weighted by molar-refractivity contribution is 6.07. The molecule has 1 aliphatic carbocycles. The summed E-state index contributed by atoms with van der Waals surface area (Å²) in [5.41, 5.74) is 4.50. The van der Waals surface area contributed by atoms with Gasteiger partial charge >= 0.3 is 5.97 Å². The van der Waals surface area contributed by atoms with Crippen LogP contribution in [0.5, 0.6) is 0 Å². The molecule has 0 amide bonds. The zero-order chi connectivity index (χ0) is 11.8. The van der Waals surface area contributed by atoms with Crippen LogP contribution in [0.3, 0.4) is 0 Å². The van der Waals surface area contributed by atoms with Crippen LogP contribution >= 0.6 is 0 Å². The standard InChI is InChI=1S/C11H15N3O2/c1-11(7-5-9(15)16)6-3-4-8-10(11)12-13-14(8)2/h3-4,6,13H,5,7H2,1-2H3,(H,15,16). The number of fused-ring (bicyclic) bond motifs is 1. The van der Waals surface area contributed by atoms with Gasteiger partial charge in [-0.15, -0.1) is 0 Å². The summed E-state index contributed by atoms with van der Waals surface area (Å²) >= 11 is 0. The van der Waals surface area contributed by atoms with E-state index in [0.29, 0.717) is 6.42 Å². The molecule has 1 aliphatic heterocycles. The molecule has 0 aromatic carbocycles. The van der Waals surface area contributed by atoms with Gasteiger partial charge in [-0.05, 0) is 12.5 Å². The molecule has 0 aromatic heterocycles. The molecular formula is C11H15N3O2. The van der Waals surface area contributed by atoms with Crippen LogP contribution in [-0.2, 0) is 4.79 Å². The number of hydrogen-bond acceptors (Lipinski definition) is 4. The molecule has 1 atom stereocenters. The number of hydrazine groups is 1. The molecule has 2 aliphatic rings. The van der Waals surface area contributed by atoms with E-state index in [0.717, 1.165) is 11.4 Å². The van der Waals surface area contributed by atoms with Crippen molar-refractivity contribution in [3.05, 3.63) is 23.9 Å². The number of carbonyl (C=O) groups is 1. The molecule has 0 bridgehead atoms. The minimum Gasteiger partial charge on any atom is -0.481 e. The van der Waals surface area contributed by atoms with Gasteiger partial charge in [-0.3, -0.25) is 9.80 Å². The second kappa shape index (κ2) is 3.66. The minimum atomic E-state index is -0.773. The molecule has 1 heterocycles. The number of nitrogens with one attached hydrogen (secondary N) is 1. The van der Waals surface area contributed by atoms with E-state index in [1.807, 2.05) is 37.2 Å². The molecule has 2 rings (SSSR count). The van der Waals surface area contributed by atoms with Crippen molar-refractivity contribution in [3.8, 4) is 0 Å². The molecule has 5 heteroatoms. The maximum atomic E-state index is 10.6. The van der Waals surface area contributed by atoms with Crippen LogP contribution in [0.2, 0.25) is 0 Å². The summed E-state index contributed by atoms with van der Waals surface area (Å²) in [4.78, 5) is 10.6. The SMILES string of the molecule is CN1NN=C2C1=CC=CC2(C)CCC(=O)O. The van der Waals surface area contributed by atoms with Crippen LogP contribution in [0.1, 0.15) is 19.8 Å². The van der Waals surface area contributed by atoms with Crippen LogP contribution in [0.4, 0.5) is 0 Å². The smallest absolute Gasteiger partial charge is 0.303 e. The molecule has 0 spiro atoms. The highest BCUT2D eigenvalue weighted by Gasteiger charge is 2.36. The summed E-state index contributed by atoms with van der Waals surface area (Å²) in [5, 5.41) is 14.8. The molecule has 0 saturated carbocycles. The molecule has 0 fully saturated rings. The lowest BCUT2D eigenvalue weighted by Gasteiger charge is -2.29. The van der Waals surface area contributed by atoms with Crippen molar-refractivity contribution in [2.45, 2.75) is 19.8 Å². The zero-order valence-corrected chi connectivity index (χ0v) is 9.40. The Labute approximate surface area is 94.1 Å². The van der Waals surface area contributed by atoms with E-state index in [4.69, 9.17) is 5.11 Å². The summed E-state index contributed by atoms with van der Waals surface area (Å²) in [5.74, 6) is -0.773. The highest BCUT2D eigenvalue weighted by atomic mass is 16.4. The maximum absolute atomic E-state index is 10.6. The van der Waals surface area contributed by atoms with Gasteiger partial charge in [0, 0.05) is 18.9 Å². The summed E-state index contributed by atoms with van der Waals surface area (Å²) in [6, 6.07) is 0. The van der Waals surface area contributed by atoms with Crippen molar-refractivity contribution in [1.29, 1.82) is 0 Å². The van der Waals surface area contributed by atoms with E-state index in [2.05, 4.69) is 10.6 Å². The van der Waals surface area contributed by atoms with Crippen molar-refractivity contribution in [2.24, 2.45) is 10.5 Å². The van der Waals surface area contributed by atoms with Gasteiger partial charge in [0.05, 0.1) is 11.4 Å². The topological polar surface area (TPSA) is 64.9 Å². The fourth-order valence-electron chi connectivity index (χ4n) is 2.00. The quantitative estimate of drug-likeness (QED) is 0.749. The van der Waals surface area contributed by atoms with Gasteiger partial charge in [0.15, 0.2) is 0 Å². The number of nitrogens with zero attached hydrogens (tertiary/aromatic N) is 2. The first-order valence-electron chi connectivity index (χ1n) is 5.22. The van der Waals surface area contributed by atoms with E-state index < -0.39 is 5.97 Å². The number of hydrazone groups is 1. The van der Waals surface area contributed by atoms with Gasteiger partial charge in [0.1, 0.15) is 0 Å². The van der Waals surface area contributed by atoms with E-state index in [1.165, 1.54) is 0 Å². The first kappa shape index (κ1) is 10.7. The third kappa shape index (κ3) is 1.68. The van der Waals surface area contributed by atoms with Gasteiger partial charge in [-0.1, -0.05) is 19.1 Å². The Hall–Kier alpha value is -1.78. The lowest BCUT2D eigenvalue weighted by molar-refractivity contribution is -0.137. The number of carboxylic acid groups (broad SMARTS) is 1. The van der Waals surface area contributed by atoms with Crippen molar-refractivity contribution >= 4 is 11.7 Å².